The summed E-state index contributed by atoms with van der Waals surface area (Å²) in [5.74, 6) is -1.58. The molecule has 3 aromatic carbocycles. The number of ether oxygens (including phenoxy) is 1. The SMILES string of the molecule is CCOC(=O)[C@H](Cc1ccccc1)NC(=O)/C(=C/c1ccc(Br)cc1)NC(=O)c1ccccc1. The molecule has 0 saturated carbocycles. The summed E-state index contributed by atoms with van der Waals surface area (Å²) in [6.07, 6.45) is 1.82. The highest BCUT2D eigenvalue weighted by Crippen LogP contribution is 2.14. The van der Waals surface area contributed by atoms with E-state index in [0.717, 1.165) is 10.0 Å². The van der Waals surface area contributed by atoms with E-state index in [1.54, 1.807) is 55.5 Å². The number of esters is 1. The maximum atomic E-state index is 13.3. The number of nitrogens with one attached hydrogen (secondary N) is 2. The predicted molar refractivity (Wildman–Crippen MR) is 135 cm³/mol. The van der Waals surface area contributed by atoms with Crippen LogP contribution in [0.2, 0.25) is 0 Å². The summed E-state index contributed by atoms with van der Waals surface area (Å²) >= 11 is 3.39. The van der Waals surface area contributed by atoms with E-state index in [2.05, 4.69) is 26.6 Å². The molecule has 0 aliphatic carbocycles. The lowest BCUT2D eigenvalue weighted by atomic mass is 10.1. The third-order valence-corrected chi connectivity index (χ3v) is 5.40. The quantitative estimate of drug-likeness (QED) is 0.321. The van der Waals surface area contributed by atoms with Crippen molar-refractivity contribution in [1.82, 2.24) is 10.6 Å². The van der Waals surface area contributed by atoms with Crippen molar-refractivity contribution >= 4 is 39.8 Å². The Kier molecular flexibility index (Phi) is 9.17. The monoisotopic (exact) mass is 520 g/mol. The molecule has 34 heavy (non-hydrogen) atoms. The van der Waals surface area contributed by atoms with Crippen LogP contribution in [0.25, 0.3) is 6.08 Å². The lowest BCUT2D eigenvalue weighted by molar-refractivity contribution is -0.147. The molecule has 3 rings (SSSR count). The molecule has 0 bridgehead atoms. The van der Waals surface area contributed by atoms with Gasteiger partial charge in [-0.05, 0) is 48.4 Å². The van der Waals surface area contributed by atoms with Crippen molar-refractivity contribution in [3.8, 4) is 0 Å². The average Bonchev–Trinajstić information content (AvgIpc) is 2.85. The fraction of sp³-hybridized carbons (Fsp3) is 0.148. The fourth-order valence-electron chi connectivity index (χ4n) is 3.19. The van der Waals surface area contributed by atoms with Crippen LogP contribution in [0, 0.1) is 0 Å². The largest absolute Gasteiger partial charge is 0.464 e. The van der Waals surface area contributed by atoms with Gasteiger partial charge >= 0.3 is 5.97 Å². The van der Waals surface area contributed by atoms with Gasteiger partial charge in [0.1, 0.15) is 11.7 Å². The Balaban J connectivity index is 1.87. The van der Waals surface area contributed by atoms with Gasteiger partial charge in [-0.2, -0.15) is 0 Å². The zero-order chi connectivity index (χ0) is 24.3. The van der Waals surface area contributed by atoms with Gasteiger partial charge in [0, 0.05) is 16.5 Å². The van der Waals surface area contributed by atoms with Crippen molar-refractivity contribution in [3.63, 3.8) is 0 Å². The van der Waals surface area contributed by atoms with Crippen LogP contribution in [0.1, 0.15) is 28.4 Å². The number of hydrogen-bond donors (Lipinski definition) is 2. The summed E-state index contributed by atoms with van der Waals surface area (Å²) in [7, 11) is 0. The van der Waals surface area contributed by atoms with Gasteiger partial charge in [0.2, 0.25) is 0 Å². The molecule has 3 aromatic rings. The molecule has 0 radical (unpaired) electrons. The first-order valence-electron chi connectivity index (χ1n) is 10.8. The summed E-state index contributed by atoms with van der Waals surface area (Å²) in [5.41, 5.74) is 1.99. The van der Waals surface area contributed by atoms with Crippen LogP contribution in [0.3, 0.4) is 0 Å². The first-order chi connectivity index (χ1) is 16.5. The van der Waals surface area contributed by atoms with Crippen LogP contribution in [-0.2, 0) is 20.7 Å². The van der Waals surface area contributed by atoms with E-state index >= 15 is 0 Å². The lowest BCUT2D eigenvalue weighted by Gasteiger charge is -2.19. The topological polar surface area (TPSA) is 84.5 Å². The molecule has 0 aliphatic rings. The summed E-state index contributed by atoms with van der Waals surface area (Å²) in [5, 5.41) is 5.42. The molecule has 7 heteroatoms. The average molecular weight is 521 g/mol. The van der Waals surface area contributed by atoms with E-state index in [-0.39, 0.29) is 18.7 Å². The maximum absolute atomic E-state index is 13.3. The number of benzene rings is 3. The molecule has 0 heterocycles. The van der Waals surface area contributed by atoms with E-state index in [9.17, 15) is 14.4 Å². The highest BCUT2D eigenvalue weighted by molar-refractivity contribution is 9.10. The number of carbonyl (C=O) groups excluding carboxylic acids is 3. The third kappa shape index (κ3) is 7.42. The van der Waals surface area contributed by atoms with Crippen LogP contribution in [0.5, 0.6) is 0 Å². The first kappa shape index (κ1) is 24.9. The van der Waals surface area contributed by atoms with E-state index in [1.807, 2.05) is 42.5 Å². The zero-order valence-corrected chi connectivity index (χ0v) is 20.2. The standard InChI is InChI=1S/C27H25BrN2O4/c1-2-34-27(33)24(18-19-9-5-3-6-10-19)30-26(32)23(17-20-13-15-22(28)16-14-20)29-25(31)21-11-7-4-8-12-21/h3-17,24H,2,18H2,1H3,(H,29,31)(H,30,32)/b23-17-/t24-/m0/s1. The molecule has 2 amide bonds. The zero-order valence-electron chi connectivity index (χ0n) is 18.7. The van der Waals surface area contributed by atoms with Crippen LogP contribution in [0.4, 0.5) is 0 Å². The Morgan fingerprint density at radius 1 is 0.912 bits per heavy atom. The Labute approximate surface area is 207 Å². The number of rotatable bonds is 9. The smallest absolute Gasteiger partial charge is 0.328 e. The van der Waals surface area contributed by atoms with E-state index < -0.39 is 23.8 Å². The molecule has 2 N–H and O–H groups in total. The van der Waals surface area contributed by atoms with Gasteiger partial charge in [0.25, 0.3) is 11.8 Å². The highest BCUT2D eigenvalue weighted by atomic mass is 79.9. The Hall–Kier alpha value is -3.71. The second-order valence-electron chi connectivity index (χ2n) is 7.40. The summed E-state index contributed by atoms with van der Waals surface area (Å²) in [6, 6.07) is 24.3. The first-order valence-corrected chi connectivity index (χ1v) is 11.6. The van der Waals surface area contributed by atoms with Crippen LogP contribution in [-0.4, -0.2) is 30.4 Å². The van der Waals surface area contributed by atoms with Crippen LogP contribution >= 0.6 is 15.9 Å². The molecule has 0 aliphatic heterocycles. The van der Waals surface area contributed by atoms with Crippen molar-refractivity contribution in [1.29, 1.82) is 0 Å². The summed E-state index contributed by atoms with van der Waals surface area (Å²) in [6.45, 7) is 1.89. The van der Waals surface area contributed by atoms with E-state index in [0.29, 0.717) is 11.1 Å². The molecular weight excluding hydrogens is 496 g/mol. The Morgan fingerprint density at radius 3 is 2.15 bits per heavy atom. The van der Waals surface area contributed by atoms with Gasteiger partial charge in [0.05, 0.1) is 6.61 Å². The minimum atomic E-state index is -0.920. The van der Waals surface area contributed by atoms with Crippen LogP contribution < -0.4 is 10.6 Å². The number of halogens is 1. The predicted octanol–water partition coefficient (Wildman–Crippen LogP) is 4.51. The lowest BCUT2D eigenvalue weighted by Crippen LogP contribution is -2.46. The van der Waals surface area contributed by atoms with E-state index in [1.165, 1.54) is 0 Å². The highest BCUT2D eigenvalue weighted by Gasteiger charge is 2.25. The van der Waals surface area contributed by atoms with Gasteiger partial charge in [0.15, 0.2) is 0 Å². The number of amides is 2. The van der Waals surface area contributed by atoms with Crippen molar-refractivity contribution < 1.29 is 19.1 Å². The van der Waals surface area contributed by atoms with Crippen LogP contribution in [0.15, 0.2) is 95.1 Å². The number of hydrogen-bond acceptors (Lipinski definition) is 4. The molecular formula is C27H25BrN2O4. The van der Waals surface area contributed by atoms with Gasteiger partial charge in [-0.3, -0.25) is 9.59 Å². The van der Waals surface area contributed by atoms with Gasteiger partial charge in [-0.1, -0.05) is 76.6 Å². The molecule has 1 atom stereocenters. The Bertz CT molecular complexity index is 1150. The molecule has 0 spiro atoms. The van der Waals surface area contributed by atoms with E-state index in [4.69, 9.17) is 4.74 Å². The second-order valence-corrected chi connectivity index (χ2v) is 8.31. The summed E-state index contributed by atoms with van der Waals surface area (Å²) in [4.78, 5) is 38.7. The molecule has 0 aromatic heterocycles. The van der Waals surface area contributed by atoms with Crippen molar-refractivity contribution in [2.45, 2.75) is 19.4 Å². The van der Waals surface area contributed by atoms with Crippen molar-refractivity contribution in [2.75, 3.05) is 6.61 Å². The molecule has 174 valence electrons. The van der Waals surface area contributed by atoms with Crippen molar-refractivity contribution in [3.05, 3.63) is 112 Å². The molecule has 6 nitrogen and oxygen atoms in total. The molecule has 0 unspecified atom stereocenters. The summed E-state index contributed by atoms with van der Waals surface area (Å²) < 4.78 is 6.06. The van der Waals surface area contributed by atoms with Gasteiger partial charge in [-0.15, -0.1) is 0 Å². The second kappa shape index (κ2) is 12.5. The van der Waals surface area contributed by atoms with Crippen molar-refractivity contribution in [2.24, 2.45) is 0 Å². The third-order valence-electron chi connectivity index (χ3n) is 4.87. The Morgan fingerprint density at radius 2 is 1.53 bits per heavy atom. The minimum absolute atomic E-state index is 0.0125. The molecule has 0 saturated heterocycles. The molecule has 0 fully saturated rings. The minimum Gasteiger partial charge on any atom is -0.464 e. The normalized spacial score (nSPS) is 11.9. The van der Waals surface area contributed by atoms with Gasteiger partial charge < -0.3 is 15.4 Å². The fourth-order valence-corrected chi connectivity index (χ4v) is 3.45. The number of carbonyl (C=O) groups is 3. The van der Waals surface area contributed by atoms with Gasteiger partial charge in [-0.25, -0.2) is 4.79 Å². The maximum Gasteiger partial charge on any atom is 0.328 e.